The first kappa shape index (κ1) is 133. The number of amides is 3. The SMILES string of the molecule is CCCCCCCCCCC(=O)CCC(C)=O.CNCCN(CCNC)C(=O)CCC(=O)C(C)(C)C.CNCCN(CCNC)CCNC(=O)CCC(=O)C(C)(C)C.CNCCN(CCNC)CCNC(=O)CCC(=O)C(C)(C)C.C[C@H](CCC(=O)C(C)(C)C)[C@H]1CCC2C3CC[C@@H]4C[C@H](O)CC[C@]4(C)[C@H]3C[C@H](O)[C@@]21C.C[C@H](CCC(=O)C(C)(C)C)[C@H]1CCC2C3[C@H](O)C[C@@H]4C[C@H](O)CC[C@]4(C)[C@H]3C[C@H](O)[C@@]21C. The van der Waals surface area contributed by atoms with Gasteiger partial charge < -0.3 is 77.8 Å². The van der Waals surface area contributed by atoms with Gasteiger partial charge in [0.25, 0.3) is 0 Å². The molecule has 0 saturated heterocycles. The second-order valence-corrected chi connectivity index (χ2v) is 51.2. The van der Waals surface area contributed by atoms with E-state index in [2.05, 4.69) is 101 Å². The van der Waals surface area contributed by atoms with Gasteiger partial charge in [0.2, 0.25) is 17.7 Å². The smallest absolute Gasteiger partial charge is 0.223 e. The molecule has 8 aliphatic rings. The Morgan fingerprint density at radius 2 is 0.699 bits per heavy atom. The fourth-order valence-corrected chi connectivity index (χ4v) is 25.5. The van der Waals surface area contributed by atoms with Gasteiger partial charge in [0.05, 0.1) is 30.5 Å². The Kier molecular flexibility index (Phi) is 59.8. The number of aliphatic hydroxyl groups is 5. The molecule has 4 unspecified atom stereocenters. The number of carbonyl (C=O) groups is 10. The van der Waals surface area contributed by atoms with Gasteiger partial charge >= 0.3 is 0 Å². The molecule has 8 rings (SSSR count). The van der Waals surface area contributed by atoms with Gasteiger partial charge in [-0.3, -0.25) is 53.0 Å². The second kappa shape index (κ2) is 64.4. The van der Waals surface area contributed by atoms with Crippen LogP contribution in [-0.2, 0) is 47.9 Å². The number of fused-ring (bicyclic) bond motifs is 10. The molecule has 26 nitrogen and oxygen atoms in total. The van der Waals surface area contributed by atoms with Crippen LogP contribution in [0.1, 0.15) is 390 Å². The van der Waals surface area contributed by atoms with E-state index in [1.807, 2.05) is 151 Å². The molecule has 13 N–H and O–H groups in total. The van der Waals surface area contributed by atoms with Crippen LogP contribution >= 0.6 is 0 Å². The highest BCUT2D eigenvalue weighted by molar-refractivity contribution is 5.90. The average molecular weight is 2020 g/mol. The zero-order valence-corrected chi connectivity index (χ0v) is 96.7. The molecule has 8 saturated carbocycles. The Labute approximate surface area is 871 Å². The molecular weight excluding hydrogens is 1800 g/mol. The van der Waals surface area contributed by atoms with E-state index in [0.29, 0.717) is 160 Å². The van der Waals surface area contributed by atoms with Crippen molar-refractivity contribution in [2.24, 2.45) is 120 Å². The van der Waals surface area contributed by atoms with Crippen molar-refractivity contribution in [2.75, 3.05) is 147 Å². The summed E-state index contributed by atoms with van der Waals surface area (Å²) in [6.07, 6.45) is 30.8. The summed E-state index contributed by atoms with van der Waals surface area (Å²) in [7, 11) is 11.5. The Balaban J connectivity index is 0.000000449. The minimum atomic E-state index is -0.364. The topological polar surface area (TPSA) is 378 Å². The summed E-state index contributed by atoms with van der Waals surface area (Å²) >= 11 is 0. The Morgan fingerprint density at radius 3 is 1.10 bits per heavy atom. The number of Topliss-reactive ketones (excluding diaryl/α,β-unsaturated/α-hetero) is 7. The molecule has 0 spiro atoms. The van der Waals surface area contributed by atoms with E-state index in [4.69, 9.17) is 0 Å². The highest BCUT2D eigenvalue weighted by Gasteiger charge is 2.67. The lowest BCUT2D eigenvalue weighted by molar-refractivity contribution is -0.207. The van der Waals surface area contributed by atoms with Crippen LogP contribution in [0.15, 0.2) is 0 Å². The third kappa shape index (κ3) is 43.7. The number of unbranched alkanes of at least 4 members (excludes halogenated alkanes) is 7. The minimum Gasteiger partial charge on any atom is -0.393 e. The molecule has 8 fully saturated rings. The normalized spacial score (nSPS) is 28.0. The third-order valence-corrected chi connectivity index (χ3v) is 35.5. The van der Waals surface area contributed by atoms with Crippen LogP contribution in [0.4, 0.5) is 0 Å². The summed E-state index contributed by atoms with van der Waals surface area (Å²) in [5, 5.41) is 79.6. The van der Waals surface area contributed by atoms with E-state index in [1.54, 1.807) is 6.92 Å². The number of hydrogen-bond acceptors (Lipinski definition) is 23. The highest BCUT2D eigenvalue weighted by Crippen LogP contribution is 2.71. The molecular formula is C117H221N11O15. The fourth-order valence-electron chi connectivity index (χ4n) is 25.5. The van der Waals surface area contributed by atoms with Crippen LogP contribution in [0.5, 0.6) is 0 Å². The number of ketones is 7. The molecule has 0 bridgehead atoms. The molecule has 0 aromatic rings. The van der Waals surface area contributed by atoms with Crippen molar-refractivity contribution < 1.29 is 73.5 Å². The van der Waals surface area contributed by atoms with E-state index in [9.17, 15) is 73.5 Å². The summed E-state index contributed by atoms with van der Waals surface area (Å²) in [5.74, 6) is 7.19. The van der Waals surface area contributed by atoms with Gasteiger partial charge in [-0.25, -0.2) is 0 Å². The minimum absolute atomic E-state index is 0.00272. The fraction of sp³-hybridized carbons (Fsp3) is 0.915. The highest BCUT2D eigenvalue weighted by atomic mass is 16.3. The molecule has 0 aromatic carbocycles. The molecule has 834 valence electrons. The largest absolute Gasteiger partial charge is 0.393 e. The van der Waals surface area contributed by atoms with Crippen molar-refractivity contribution in [3.05, 3.63) is 0 Å². The average Bonchev–Trinajstić information content (AvgIpc) is 1.58. The molecule has 143 heavy (non-hydrogen) atoms. The second-order valence-electron chi connectivity index (χ2n) is 51.2. The molecule has 0 heterocycles. The van der Waals surface area contributed by atoms with Crippen molar-refractivity contribution in [3.63, 3.8) is 0 Å². The number of hydrogen-bond donors (Lipinski definition) is 13. The van der Waals surface area contributed by atoms with Gasteiger partial charge in [0.1, 0.15) is 40.5 Å². The first-order valence-corrected chi connectivity index (χ1v) is 57.0. The predicted molar refractivity (Wildman–Crippen MR) is 585 cm³/mol. The van der Waals surface area contributed by atoms with Crippen molar-refractivity contribution in [3.8, 4) is 0 Å². The number of likely N-dealkylation sites (N-methyl/N-ethyl adjacent to an activating group) is 6. The quantitative estimate of drug-likeness (QED) is 0.0252. The maximum atomic E-state index is 12.5. The molecule has 8 aliphatic carbocycles. The third-order valence-electron chi connectivity index (χ3n) is 35.5. The Morgan fingerprint density at radius 1 is 0.350 bits per heavy atom. The molecule has 0 radical (unpaired) electrons. The van der Waals surface area contributed by atoms with Gasteiger partial charge in [-0.1, -0.05) is 197 Å². The summed E-state index contributed by atoms with van der Waals surface area (Å²) in [5.41, 5.74) is -1.38. The van der Waals surface area contributed by atoms with Crippen molar-refractivity contribution in [1.29, 1.82) is 0 Å². The predicted octanol–water partition coefficient (Wildman–Crippen LogP) is 16.6. The van der Waals surface area contributed by atoms with E-state index in [1.165, 1.54) is 64.2 Å². The Hall–Kier alpha value is -4.42. The first-order valence-electron chi connectivity index (χ1n) is 57.0. The van der Waals surface area contributed by atoms with E-state index >= 15 is 0 Å². The molecule has 0 aliphatic heterocycles. The van der Waals surface area contributed by atoms with E-state index in [-0.39, 0.29) is 139 Å². The van der Waals surface area contributed by atoms with Crippen LogP contribution in [0.2, 0.25) is 0 Å². The summed E-state index contributed by atoms with van der Waals surface area (Å²) in [6, 6.07) is 0. The van der Waals surface area contributed by atoms with Gasteiger partial charge in [0, 0.05) is 202 Å². The molecule has 21 atom stereocenters. The van der Waals surface area contributed by atoms with Crippen LogP contribution in [0, 0.1) is 120 Å². The van der Waals surface area contributed by atoms with E-state index in [0.717, 1.165) is 181 Å². The first-order chi connectivity index (χ1) is 66.8. The zero-order valence-electron chi connectivity index (χ0n) is 96.7. The monoisotopic (exact) mass is 2020 g/mol. The lowest BCUT2D eigenvalue weighted by atomic mass is 9.43. The van der Waals surface area contributed by atoms with Crippen LogP contribution in [-0.4, -0.2) is 276 Å². The lowest BCUT2D eigenvalue weighted by Gasteiger charge is -2.63. The maximum Gasteiger partial charge on any atom is 0.223 e. The number of aliphatic hydroxyl groups excluding tert-OH is 5. The Bertz CT molecular complexity index is 3630. The number of rotatable bonds is 53. The maximum absolute atomic E-state index is 12.5. The molecule has 0 aromatic heterocycles. The van der Waals surface area contributed by atoms with Crippen molar-refractivity contribution in [2.45, 2.75) is 421 Å². The molecule has 26 heteroatoms. The standard InChI is InChI=1S/C28H48O4.C28H48O3.2C16H34N4O2.C15H28O2.C14H29N3O2/c1-16(7-10-23(31)26(2,3)4)19-8-9-20-25-21(15-24(32)28(19,20)6)27(5)12-11-18(29)13-17(27)14-22(25)30;1-17(7-12-24(30)26(2,3)4)21-10-11-22-20-9-8-18-15-19(29)13-14-27(18,5)23(20)16-25(31)28(21,22)6;2*1-16(2,3)14(21)6-7-15(22)19-10-13-20(11-8-17-4)12-9-18-5;1-3-4-5-6-7-8-9-10-11-15(17)13-12-14(2)16;1-14(2,3)12(18)6-7-13(19)17(10-8-15-4)11-9-16-5/h16-22,24-25,29-30,32H,7-15H2,1-6H3;17-23,25,29,31H,7-16H2,1-6H3;2*17-18H,6-13H2,1-5H3,(H,19,22);3-13H2,1-2H3;15-16H,6-11H2,1-5H3/t16-,17+,18-,19-,20?,21+,22-,24+,25?,27+,28-;17-,18-,19-,20?,21-,22?,23+,25+,27+,28-;;;;/m11..../s1. The lowest BCUT2D eigenvalue weighted by Crippen LogP contribution is -2.62. The number of nitrogens with zero attached hydrogens (tertiary/aromatic N) is 3. The molecule has 3 amide bonds. The van der Waals surface area contributed by atoms with Gasteiger partial charge in [-0.15, -0.1) is 0 Å². The number of nitrogens with one attached hydrogen (secondary N) is 8. The zero-order chi connectivity index (χ0) is 108. The van der Waals surface area contributed by atoms with Gasteiger partial charge in [0.15, 0.2) is 0 Å². The van der Waals surface area contributed by atoms with Gasteiger partial charge in [-0.2, -0.15) is 0 Å². The van der Waals surface area contributed by atoms with Crippen LogP contribution in [0.3, 0.4) is 0 Å². The summed E-state index contributed by atoms with van der Waals surface area (Å²) in [4.78, 5) is 125. The summed E-state index contributed by atoms with van der Waals surface area (Å²) < 4.78 is 0. The summed E-state index contributed by atoms with van der Waals surface area (Å²) in [6.45, 7) is 60.3. The number of carbonyl (C=O) groups excluding carboxylic acids is 10. The van der Waals surface area contributed by atoms with Crippen molar-refractivity contribution >= 4 is 58.2 Å². The van der Waals surface area contributed by atoms with Gasteiger partial charge in [-0.05, 0) is 257 Å². The van der Waals surface area contributed by atoms with Crippen LogP contribution < -0.4 is 42.5 Å². The van der Waals surface area contributed by atoms with E-state index < -0.39 is 0 Å². The van der Waals surface area contributed by atoms with Crippen LogP contribution in [0.25, 0.3) is 0 Å². The van der Waals surface area contributed by atoms with Crippen molar-refractivity contribution in [1.82, 2.24) is 57.2 Å².